The Kier molecular flexibility index (Phi) is 5.99. The van der Waals surface area contributed by atoms with Crippen molar-refractivity contribution in [1.29, 1.82) is 0 Å². The van der Waals surface area contributed by atoms with Gasteiger partial charge in [0.2, 0.25) is 0 Å². The van der Waals surface area contributed by atoms with Crippen molar-refractivity contribution in [3.8, 4) is 0 Å². The van der Waals surface area contributed by atoms with E-state index in [2.05, 4.69) is 19.2 Å². The minimum atomic E-state index is 0.246. The van der Waals surface area contributed by atoms with Gasteiger partial charge in [-0.1, -0.05) is 20.3 Å². The Labute approximate surface area is 57.3 Å². The predicted octanol–water partition coefficient (Wildman–Crippen LogP) is 0.614. The van der Waals surface area contributed by atoms with Gasteiger partial charge in [0.15, 0.2) is 0 Å². The number of hydrogen-bond acceptors (Lipinski definition) is 2. The minimum absolute atomic E-state index is 0.246. The lowest BCUT2D eigenvalue weighted by atomic mass is 10.1. The van der Waals surface area contributed by atoms with Crippen LogP contribution >= 0.6 is 0 Å². The van der Waals surface area contributed by atoms with Gasteiger partial charge in [-0.2, -0.15) is 0 Å². The van der Waals surface area contributed by atoms with E-state index in [4.69, 9.17) is 5.11 Å². The average Bonchev–Trinajstić information content (AvgIpc) is 1.89. The molecule has 0 fully saturated rings. The van der Waals surface area contributed by atoms with E-state index >= 15 is 0 Å². The van der Waals surface area contributed by atoms with E-state index in [0.29, 0.717) is 0 Å². The third-order valence-electron chi connectivity index (χ3n) is 1.48. The highest BCUT2D eigenvalue weighted by Crippen LogP contribution is 1.96. The standard InChI is InChI=1S/C7H17NO/c1-3-7(2)6-8-4-5-9/h7-9H,3-6H2,1-2H3. The zero-order chi connectivity index (χ0) is 7.11. The molecule has 2 N–H and O–H groups in total. The van der Waals surface area contributed by atoms with E-state index < -0.39 is 0 Å². The van der Waals surface area contributed by atoms with Gasteiger partial charge in [0.05, 0.1) is 6.61 Å². The van der Waals surface area contributed by atoms with Crippen molar-refractivity contribution in [2.24, 2.45) is 5.92 Å². The molecule has 2 heteroatoms. The molecule has 1 unspecified atom stereocenters. The number of aliphatic hydroxyl groups is 1. The maximum absolute atomic E-state index is 8.39. The molecular formula is C7H17NO. The van der Waals surface area contributed by atoms with Gasteiger partial charge < -0.3 is 10.4 Å². The second-order valence-corrected chi connectivity index (χ2v) is 2.44. The molecular weight excluding hydrogens is 114 g/mol. The summed E-state index contributed by atoms with van der Waals surface area (Å²) in [5.74, 6) is 0.733. The van der Waals surface area contributed by atoms with E-state index in [-0.39, 0.29) is 6.61 Å². The molecule has 0 rings (SSSR count). The molecule has 0 aromatic rings. The minimum Gasteiger partial charge on any atom is -0.395 e. The molecule has 0 aromatic heterocycles. The maximum Gasteiger partial charge on any atom is 0.0555 e. The zero-order valence-electron chi connectivity index (χ0n) is 6.35. The summed E-state index contributed by atoms with van der Waals surface area (Å²) in [5, 5.41) is 11.5. The lowest BCUT2D eigenvalue weighted by molar-refractivity contribution is 0.288. The highest BCUT2D eigenvalue weighted by atomic mass is 16.3. The summed E-state index contributed by atoms with van der Waals surface area (Å²) in [6.45, 7) is 6.37. The van der Waals surface area contributed by atoms with Crippen LogP contribution in [0.5, 0.6) is 0 Å². The van der Waals surface area contributed by atoms with Crippen molar-refractivity contribution < 1.29 is 5.11 Å². The average molecular weight is 131 g/mol. The fourth-order valence-electron chi connectivity index (χ4n) is 0.572. The molecule has 1 atom stereocenters. The summed E-state index contributed by atoms with van der Waals surface area (Å²) in [6, 6.07) is 0. The molecule has 0 spiro atoms. The first-order valence-corrected chi connectivity index (χ1v) is 3.62. The lowest BCUT2D eigenvalue weighted by Crippen LogP contribution is -2.23. The van der Waals surface area contributed by atoms with Crippen molar-refractivity contribution in [2.75, 3.05) is 19.7 Å². The van der Waals surface area contributed by atoms with Gasteiger partial charge in [-0.05, 0) is 12.5 Å². The third-order valence-corrected chi connectivity index (χ3v) is 1.48. The van der Waals surface area contributed by atoms with Crippen LogP contribution < -0.4 is 5.32 Å². The molecule has 0 saturated carbocycles. The SMILES string of the molecule is CCC(C)CNCCO. The smallest absolute Gasteiger partial charge is 0.0555 e. The molecule has 0 amide bonds. The summed E-state index contributed by atoms with van der Waals surface area (Å²) in [4.78, 5) is 0. The molecule has 0 bridgehead atoms. The lowest BCUT2D eigenvalue weighted by Gasteiger charge is -2.07. The van der Waals surface area contributed by atoms with Crippen molar-refractivity contribution in [2.45, 2.75) is 20.3 Å². The van der Waals surface area contributed by atoms with Gasteiger partial charge in [-0.15, -0.1) is 0 Å². The fourth-order valence-corrected chi connectivity index (χ4v) is 0.572. The number of nitrogens with one attached hydrogen (secondary N) is 1. The quantitative estimate of drug-likeness (QED) is 0.536. The summed E-state index contributed by atoms with van der Waals surface area (Å²) in [7, 11) is 0. The van der Waals surface area contributed by atoms with E-state index in [9.17, 15) is 0 Å². The molecule has 0 aliphatic heterocycles. The number of hydrogen-bond donors (Lipinski definition) is 2. The topological polar surface area (TPSA) is 32.3 Å². The fraction of sp³-hybridized carbons (Fsp3) is 1.00. The van der Waals surface area contributed by atoms with E-state index in [1.54, 1.807) is 0 Å². The van der Waals surface area contributed by atoms with Crippen LogP contribution in [0, 0.1) is 5.92 Å². The van der Waals surface area contributed by atoms with Crippen LogP contribution in [0.1, 0.15) is 20.3 Å². The Morgan fingerprint density at radius 1 is 1.56 bits per heavy atom. The van der Waals surface area contributed by atoms with Gasteiger partial charge in [-0.25, -0.2) is 0 Å². The van der Waals surface area contributed by atoms with Crippen molar-refractivity contribution >= 4 is 0 Å². The van der Waals surface area contributed by atoms with Crippen LogP contribution in [0.4, 0.5) is 0 Å². The highest BCUT2D eigenvalue weighted by Gasteiger charge is 1.94. The molecule has 0 heterocycles. The summed E-state index contributed by atoms with van der Waals surface area (Å²) in [6.07, 6.45) is 1.21. The Hall–Kier alpha value is -0.0800. The molecule has 0 radical (unpaired) electrons. The van der Waals surface area contributed by atoms with E-state index in [1.807, 2.05) is 0 Å². The molecule has 56 valence electrons. The second-order valence-electron chi connectivity index (χ2n) is 2.44. The van der Waals surface area contributed by atoms with Crippen LogP contribution in [0.25, 0.3) is 0 Å². The summed E-state index contributed by atoms with van der Waals surface area (Å²) < 4.78 is 0. The zero-order valence-corrected chi connectivity index (χ0v) is 6.35. The van der Waals surface area contributed by atoms with Crippen molar-refractivity contribution in [3.63, 3.8) is 0 Å². The van der Waals surface area contributed by atoms with Gasteiger partial charge in [0.25, 0.3) is 0 Å². The molecule has 0 aromatic carbocycles. The first-order valence-electron chi connectivity index (χ1n) is 3.62. The molecule has 2 nitrogen and oxygen atoms in total. The monoisotopic (exact) mass is 131 g/mol. The van der Waals surface area contributed by atoms with Crippen molar-refractivity contribution in [1.82, 2.24) is 5.32 Å². The molecule has 0 aliphatic carbocycles. The van der Waals surface area contributed by atoms with Gasteiger partial charge in [0, 0.05) is 6.54 Å². The van der Waals surface area contributed by atoms with Gasteiger partial charge >= 0.3 is 0 Å². The predicted molar refractivity (Wildman–Crippen MR) is 39.4 cm³/mol. The Morgan fingerprint density at radius 3 is 2.67 bits per heavy atom. The van der Waals surface area contributed by atoms with Crippen LogP contribution in [-0.2, 0) is 0 Å². The Morgan fingerprint density at radius 2 is 2.22 bits per heavy atom. The second kappa shape index (κ2) is 6.05. The van der Waals surface area contributed by atoms with Crippen LogP contribution in [0.15, 0.2) is 0 Å². The Balaban J connectivity index is 2.88. The van der Waals surface area contributed by atoms with E-state index in [0.717, 1.165) is 19.0 Å². The first-order chi connectivity index (χ1) is 4.31. The van der Waals surface area contributed by atoms with Crippen LogP contribution in [-0.4, -0.2) is 24.8 Å². The van der Waals surface area contributed by atoms with E-state index in [1.165, 1.54) is 6.42 Å². The van der Waals surface area contributed by atoms with Gasteiger partial charge in [0.1, 0.15) is 0 Å². The number of rotatable bonds is 5. The number of aliphatic hydroxyl groups excluding tert-OH is 1. The highest BCUT2D eigenvalue weighted by molar-refractivity contribution is 4.52. The van der Waals surface area contributed by atoms with Crippen LogP contribution in [0.3, 0.4) is 0 Å². The molecule has 0 saturated heterocycles. The molecule has 9 heavy (non-hydrogen) atoms. The first kappa shape index (κ1) is 8.92. The molecule has 0 aliphatic rings. The third kappa shape index (κ3) is 5.80. The normalized spacial score (nSPS) is 13.7. The van der Waals surface area contributed by atoms with Gasteiger partial charge in [-0.3, -0.25) is 0 Å². The van der Waals surface area contributed by atoms with Crippen LogP contribution in [0.2, 0.25) is 0 Å². The maximum atomic E-state index is 8.39. The largest absolute Gasteiger partial charge is 0.395 e. The summed E-state index contributed by atoms with van der Waals surface area (Å²) in [5.41, 5.74) is 0. The Bertz CT molecular complexity index is 56.9. The van der Waals surface area contributed by atoms with Crippen molar-refractivity contribution in [3.05, 3.63) is 0 Å². The summed E-state index contributed by atoms with van der Waals surface area (Å²) >= 11 is 0.